The third-order valence-corrected chi connectivity index (χ3v) is 19.0. The molecule has 0 radical (unpaired) electrons. The zero-order chi connectivity index (χ0) is 27.9. The van der Waals surface area contributed by atoms with E-state index in [9.17, 15) is 0 Å². The SMILES string of the molecule is CC1C(C)C(C)C([Si](C)(C)C2CCC3C2CC2CCCC2C3c2cc(C(C)(C)C)cc(C(C)(C)C)c2)C1C. The van der Waals surface area contributed by atoms with Gasteiger partial charge >= 0.3 is 0 Å². The Labute approximate surface area is 238 Å². The van der Waals surface area contributed by atoms with Crippen molar-refractivity contribution in [2.75, 3.05) is 0 Å². The largest absolute Gasteiger partial charge is 0.0689 e. The second-order valence-corrected chi connectivity index (χ2v) is 22.8. The summed E-state index contributed by atoms with van der Waals surface area (Å²) in [6.45, 7) is 30.7. The maximum atomic E-state index is 2.86. The summed E-state index contributed by atoms with van der Waals surface area (Å²) in [5, 5.41) is 0. The van der Waals surface area contributed by atoms with E-state index in [2.05, 4.69) is 101 Å². The summed E-state index contributed by atoms with van der Waals surface area (Å²) in [4.78, 5) is 0. The van der Waals surface area contributed by atoms with Crippen LogP contribution in [-0.2, 0) is 10.8 Å². The number of fused-ring (bicyclic) bond motifs is 2. The summed E-state index contributed by atoms with van der Waals surface area (Å²) in [6.07, 6.45) is 9.08. The molecule has 0 bridgehead atoms. The summed E-state index contributed by atoms with van der Waals surface area (Å²) in [7, 11) is -1.41. The number of benzene rings is 1. The van der Waals surface area contributed by atoms with Crippen molar-refractivity contribution in [3.05, 3.63) is 34.9 Å². The normalized spacial score (nSPS) is 41.8. The molecule has 38 heavy (non-hydrogen) atoms. The lowest BCUT2D eigenvalue weighted by Crippen LogP contribution is -2.46. The second-order valence-electron chi connectivity index (χ2n) is 17.8. The van der Waals surface area contributed by atoms with Gasteiger partial charge in [0.1, 0.15) is 0 Å². The van der Waals surface area contributed by atoms with Crippen LogP contribution in [0.2, 0.25) is 24.2 Å². The van der Waals surface area contributed by atoms with Crippen LogP contribution in [0.15, 0.2) is 18.2 Å². The Morgan fingerprint density at radius 3 is 1.71 bits per heavy atom. The van der Waals surface area contributed by atoms with Crippen LogP contribution in [0, 0.1) is 47.3 Å². The average Bonchev–Trinajstić information content (AvgIpc) is 3.50. The Morgan fingerprint density at radius 1 is 0.632 bits per heavy atom. The molecule has 0 amide bonds. The van der Waals surface area contributed by atoms with Crippen LogP contribution in [0.25, 0.3) is 0 Å². The van der Waals surface area contributed by atoms with Gasteiger partial charge in [-0.15, -0.1) is 0 Å². The molecule has 4 aliphatic rings. The van der Waals surface area contributed by atoms with Crippen LogP contribution in [0.1, 0.15) is 130 Å². The lowest BCUT2D eigenvalue weighted by Gasteiger charge is -2.49. The molecule has 0 heterocycles. The molecule has 0 nitrogen and oxygen atoms in total. The van der Waals surface area contributed by atoms with E-state index in [1.807, 2.05) is 0 Å². The minimum atomic E-state index is -1.41. The molecule has 1 aromatic rings. The fraction of sp³-hybridized carbons (Fsp3) is 0.838. The van der Waals surface area contributed by atoms with Gasteiger partial charge in [0.05, 0.1) is 8.07 Å². The molecule has 10 unspecified atom stereocenters. The highest BCUT2D eigenvalue weighted by molar-refractivity contribution is 6.80. The van der Waals surface area contributed by atoms with Crippen LogP contribution in [0.5, 0.6) is 0 Å². The molecular formula is C37H62Si. The van der Waals surface area contributed by atoms with Crippen LogP contribution in [-0.4, -0.2) is 8.07 Å². The maximum Gasteiger partial charge on any atom is 0.0544 e. The zero-order valence-corrected chi connectivity index (χ0v) is 28.3. The summed E-state index contributed by atoms with van der Waals surface area (Å²) < 4.78 is 0. The van der Waals surface area contributed by atoms with Crippen molar-refractivity contribution < 1.29 is 0 Å². The lowest BCUT2D eigenvalue weighted by molar-refractivity contribution is 0.120. The fourth-order valence-corrected chi connectivity index (χ4v) is 17.4. The van der Waals surface area contributed by atoms with E-state index in [1.54, 1.807) is 23.1 Å². The smallest absolute Gasteiger partial charge is 0.0544 e. The molecule has 0 aliphatic heterocycles. The molecule has 4 fully saturated rings. The van der Waals surface area contributed by atoms with Gasteiger partial charge < -0.3 is 0 Å². The van der Waals surface area contributed by atoms with Gasteiger partial charge in [-0.1, -0.05) is 120 Å². The first-order valence-corrected chi connectivity index (χ1v) is 19.8. The Hall–Kier alpha value is -0.563. The minimum absolute atomic E-state index is 0.203. The van der Waals surface area contributed by atoms with E-state index >= 15 is 0 Å². The molecule has 4 aliphatic carbocycles. The van der Waals surface area contributed by atoms with Gasteiger partial charge in [0, 0.05) is 0 Å². The van der Waals surface area contributed by atoms with Gasteiger partial charge in [-0.05, 0) is 111 Å². The molecule has 0 spiro atoms. The lowest BCUT2D eigenvalue weighted by atomic mass is 9.61. The van der Waals surface area contributed by atoms with Crippen LogP contribution < -0.4 is 0 Å². The van der Waals surface area contributed by atoms with Crippen molar-refractivity contribution in [2.45, 2.75) is 149 Å². The van der Waals surface area contributed by atoms with Gasteiger partial charge in [0.25, 0.3) is 0 Å². The van der Waals surface area contributed by atoms with Crippen LogP contribution >= 0.6 is 0 Å². The molecule has 214 valence electrons. The van der Waals surface area contributed by atoms with Crippen molar-refractivity contribution in [3.63, 3.8) is 0 Å². The highest BCUT2D eigenvalue weighted by atomic mass is 28.3. The van der Waals surface area contributed by atoms with Gasteiger partial charge in [0.15, 0.2) is 0 Å². The van der Waals surface area contributed by atoms with E-state index in [4.69, 9.17) is 0 Å². The summed E-state index contributed by atoms with van der Waals surface area (Å²) in [6, 6.07) is 7.94. The predicted octanol–water partition coefficient (Wildman–Crippen LogP) is 11.2. The molecule has 0 N–H and O–H groups in total. The van der Waals surface area contributed by atoms with Crippen molar-refractivity contribution in [1.82, 2.24) is 0 Å². The molecule has 10 atom stereocenters. The van der Waals surface area contributed by atoms with Crippen molar-refractivity contribution in [2.24, 2.45) is 47.3 Å². The highest BCUT2D eigenvalue weighted by Crippen LogP contribution is 2.67. The Balaban J connectivity index is 1.54. The first kappa shape index (κ1) is 28.9. The van der Waals surface area contributed by atoms with Gasteiger partial charge in [0.2, 0.25) is 0 Å². The van der Waals surface area contributed by atoms with Crippen molar-refractivity contribution in [3.8, 4) is 0 Å². The molecule has 4 saturated carbocycles. The minimum Gasteiger partial charge on any atom is -0.0689 e. The topological polar surface area (TPSA) is 0 Å². The van der Waals surface area contributed by atoms with E-state index in [0.717, 1.165) is 64.3 Å². The van der Waals surface area contributed by atoms with Gasteiger partial charge in [-0.2, -0.15) is 0 Å². The van der Waals surface area contributed by atoms with E-state index < -0.39 is 8.07 Å². The first-order chi connectivity index (χ1) is 17.5. The third kappa shape index (κ3) is 4.71. The molecule has 1 heteroatoms. The second kappa shape index (κ2) is 9.77. The molecule has 0 aromatic heterocycles. The number of hydrogen-bond acceptors (Lipinski definition) is 0. The van der Waals surface area contributed by atoms with E-state index in [1.165, 1.54) is 32.1 Å². The highest BCUT2D eigenvalue weighted by Gasteiger charge is 2.59. The standard InChI is InChI=1S/C37H62Si/c1-22-23(2)25(4)35(24(22)3)38(11,12)33-17-16-31-32(33)20-26-14-13-15-30(26)34(31)27-18-28(36(5,6)7)21-29(19-27)37(8,9)10/h18-19,21-26,30-35H,13-17,20H2,1-12H3. The fourth-order valence-electron chi connectivity index (χ4n) is 11.2. The average molecular weight is 535 g/mol. The Kier molecular flexibility index (Phi) is 7.44. The Bertz CT molecular complexity index is 958. The van der Waals surface area contributed by atoms with Crippen molar-refractivity contribution >= 4 is 8.07 Å². The number of rotatable bonds is 3. The maximum absolute atomic E-state index is 2.86. The summed E-state index contributed by atoms with van der Waals surface area (Å²) >= 11 is 0. The van der Waals surface area contributed by atoms with Gasteiger partial charge in [-0.3, -0.25) is 0 Å². The predicted molar refractivity (Wildman–Crippen MR) is 170 cm³/mol. The first-order valence-electron chi connectivity index (χ1n) is 16.7. The monoisotopic (exact) mass is 534 g/mol. The quantitative estimate of drug-likeness (QED) is 0.338. The Morgan fingerprint density at radius 2 is 1.18 bits per heavy atom. The van der Waals surface area contributed by atoms with Gasteiger partial charge in [-0.25, -0.2) is 0 Å². The third-order valence-electron chi connectivity index (χ3n) is 13.6. The number of hydrogen-bond donors (Lipinski definition) is 0. The van der Waals surface area contributed by atoms with E-state index in [0.29, 0.717) is 0 Å². The van der Waals surface area contributed by atoms with Crippen LogP contribution in [0.4, 0.5) is 0 Å². The van der Waals surface area contributed by atoms with Crippen molar-refractivity contribution in [1.29, 1.82) is 0 Å². The molecule has 5 rings (SSSR count). The van der Waals surface area contributed by atoms with Crippen LogP contribution in [0.3, 0.4) is 0 Å². The molecule has 1 aromatic carbocycles. The zero-order valence-electron chi connectivity index (χ0n) is 27.3. The van der Waals surface area contributed by atoms with E-state index in [-0.39, 0.29) is 10.8 Å². The summed E-state index contributed by atoms with van der Waals surface area (Å²) in [5.74, 6) is 8.26. The molecule has 0 saturated heterocycles. The summed E-state index contributed by atoms with van der Waals surface area (Å²) in [5.41, 5.74) is 7.32. The molecular weight excluding hydrogens is 472 g/mol.